The summed E-state index contributed by atoms with van der Waals surface area (Å²) in [5, 5.41) is 4.24. The number of carbonyl (C=O) groups is 2. The Bertz CT molecular complexity index is 978. The van der Waals surface area contributed by atoms with E-state index in [-0.39, 0.29) is 11.9 Å². The fourth-order valence-electron chi connectivity index (χ4n) is 3.43. The molecule has 1 heterocycles. The van der Waals surface area contributed by atoms with Crippen LogP contribution in [0.4, 0.5) is 10.5 Å². The summed E-state index contributed by atoms with van der Waals surface area (Å²) in [4.78, 5) is 25.8. The monoisotopic (exact) mass is 435 g/mol. The van der Waals surface area contributed by atoms with Gasteiger partial charge in [0.25, 0.3) is 0 Å². The van der Waals surface area contributed by atoms with Crippen molar-refractivity contribution in [2.75, 3.05) is 5.32 Å². The molecule has 0 bridgehead atoms. The molecule has 0 spiro atoms. The second-order valence-corrected chi connectivity index (χ2v) is 7.44. The van der Waals surface area contributed by atoms with Gasteiger partial charge in [-0.15, -0.1) is 0 Å². The number of carbonyl (C=O) groups excluding carboxylic acids is 2. The van der Waals surface area contributed by atoms with Crippen molar-refractivity contribution in [1.29, 1.82) is 0 Å². The van der Waals surface area contributed by atoms with Crippen molar-refractivity contribution in [2.45, 2.75) is 12.0 Å². The standard InChI is InChI=1S/C22H18BrN3O2/c23-17-11-13-18(14-12-17)24-22(28)26-20(16-9-5-2-6-10-16)19(21(27)25-26)15-7-3-1-4-8-15/h1-14,19-20H,(H,24,28)(H,25,27)/t19-,20+/m1/s1. The minimum absolute atomic E-state index is 0.203. The van der Waals surface area contributed by atoms with Crippen LogP contribution in [0.15, 0.2) is 89.4 Å². The van der Waals surface area contributed by atoms with Gasteiger partial charge in [-0.3, -0.25) is 10.2 Å². The molecule has 1 aliphatic rings. The number of urea groups is 1. The van der Waals surface area contributed by atoms with Gasteiger partial charge in [-0.05, 0) is 35.4 Å². The van der Waals surface area contributed by atoms with Gasteiger partial charge in [0.15, 0.2) is 0 Å². The molecular formula is C22H18BrN3O2. The van der Waals surface area contributed by atoms with E-state index in [1.807, 2.05) is 72.8 Å². The topological polar surface area (TPSA) is 61.4 Å². The van der Waals surface area contributed by atoms with Crippen molar-refractivity contribution in [3.63, 3.8) is 0 Å². The number of nitrogens with zero attached hydrogens (tertiary/aromatic N) is 1. The summed E-state index contributed by atoms with van der Waals surface area (Å²) in [5.74, 6) is -0.690. The molecule has 1 fully saturated rings. The fraction of sp³-hybridized carbons (Fsp3) is 0.0909. The van der Waals surface area contributed by atoms with E-state index in [4.69, 9.17) is 0 Å². The largest absolute Gasteiger partial charge is 0.341 e. The van der Waals surface area contributed by atoms with Gasteiger partial charge in [-0.2, -0.15) is 0 Å². The highest BCUT2D eigenvalue weighted by Gasteiger charge is 2.45. The first-order valence-corrected chi connectivity index (χ1v) is 9.69. The number of anilines is 1. The van der Waals surface area contributed by atoms with Crippen molar-refractivity contribution in [2.24, 2.45) is 0 Å². The molecule has 2 N–H and O–H groups in total. The van der Waals surface area contributed by atoms with Crippen LogP contribution in [0.5, 0.6) is 0 Å². The van der Waals surface area contributed by atoms with Gasteiger partial charge in [0, 0.05) is 10.2 Å². The maximum absolute atomic E-state index is 13.0. The summed E-state index contributed by atoms with van der Waals surface area (Å²) in [6.45, 7) is 0. The van der Waals surface area contributed by atoms with Gasteiger partial charge < -0.3 is 5.32 Å². The van der Waals surface area contributed by atoms with Crippen LogP contribution in [-0.4, -0.2) is 16.9 Å². The zero-order chi connectivity index (χ0) is 19.5. The molecule has 3 aromatic rings. The maximum atomic E-state index is 13.0. The Hall–Kier alpha value is -3.12. The SMILES string of the molecule is O=C1NN(C(=O)Nc2ccc(Br)cc2)[C@@H](c2ccccc2)[C@H]1c1ccccc1. The first-order chi connectivity index (χ1) is 13.6. The Morgan fingerprint density at radius 3 is 2.04 bits per heavy atom. The Morgan fingerprint density at radius 2 is 1.43 bits per heavy atom. The lowest BCUT2D eigenvalue weighted by Gasteiger charge is -2.26. The lowest BCUT2D eigenvalue weighted by Crippen LogP contribution is -2.42. The first-order valence-electron chi connectivity index (χ1n) is 8.89. The molecule has 2 atom stereocenters. The summed E-state index contributed by atoms with van der Waals surface area (Å²) >= 11 is 3.38. The molecular weight excluding hydrogens is 418 g/mol. The number of nitrogens with one attached hydrogen (secondary N) is 2. The second kappa shape index (κ2) is 7.86. The smallest absolute Gasteiger partial charge is 0.306 e. The van der Waals surface area contributed by atoms with Crippen LogP contribution in [0, 0.1) is 0 Å². The van der Waals surface area contributed by atoms with Crippen LogP contribution in [0.1, 0.15) is 23.1 Å². The molecule has 4 rings (SSSR count). The highest BCUT2D eigenvalue weighted by Crippen LogP contribution is 2.39. The average Bonchev–Trinajstić information content (AvgIpc) is 3.08. The molecule has 5 nitrogen and oxygen atoms in total. The van der Waals surface area contributed by atoms with Gasteiger partial charge in [-0.1, -0.05) is 76.6 Å². The second-order valence-electron chi connectivity index (χ2n) is 6.53. The number of amides is 3. The van der Waals surface area contributed by atoms with Crippen molar-refractivity contribution in [3.05, 3.63) is 101 Å². The van der Waals surface area contributed by atoms with Gasteiger partial charge in [0.1, 0.15) is 0 Å². The van der Waals surface area contributed by atoms with Crippen molar-refractivity contribution >= 4 is 33.6 Å². The van der Waals surface area contributed by atoms with E-state index < -0.39 is 12.0 Å². The highest BCUT2D eigenvalue weighted by molar-refractivity contribution is 9.10. The van der Waals surface area contributed by atoms with E-state index in [0.717, 1.165) is 15.6 Å². The number of hydrazine groups is 1. The third kappa shape index (κ3) is 3.64. The molecule has 1 saturated heterocycles. The summed E-state index contributed by atoms with van der Waals surface area (Å²) in [6.07, 6.45) is 0. The van der Waals surface area contributed by atoms with E-state index in [1.165, 1.54) is 5.01 Å². The maximum Gasteiger partial charge on any atom is 0.341 e. The average molecular weight is 436 g/mol. The zero-order valence-corrected chi connectivity index (χ0v) is 16.5. The normalized spacial score (nSPS) is 18.6. The van der Waals surface area contributed by atoms with Crippen molar-refractivity contribution < 1.29 is 9.59 Å². The summed E-state index contributed by atoms with van der Waals surface area (Å²) in [7, 11) is 0. The summed E-state index contributed by atoms with van der Waals surface area (Å²) < 4.78 is 0.922. The molecule has 0 unspecified atom stereocenters. The Balaban J connectivity index is 1.68. The van der Waals surface area contributed by atoms with Gasteiger partial charge in [0.2, 0.25) is 5.91 Å². The van der Waals surface area contributed by atoms with Crippen molar-refractivity contribution in [3.8, 4) is 0 Å². The van der Waals surface area contributed by atoms with Gasteiger partial charge >= 0.3 is 6.03 Å². The fourth-order valence-corrected chi connectivity index (χ4v) is 3.69. The number of benzene rings is 3. The summed E-state index contributed by atoms with van der Waals surface area (Å²) in [5.41, 5.74) is 5.16. The molecule has 0 saturated carbocycles. The van der Waals surface area contributed by atoms with Crippen LogP contribution in [-0.2, 0) is 4.79 Å². The lowest BCUT2D eigenvalue weighted by molar-refractivity contribution is -0.121. The molecule has 0 aromatic heterocycles. The summed E-state index contributed by atoms with van der Waals surface area (Å²) in [6, 6.07) is 25.6. The molecule has 28 heavy (non-hydrogen) atoms. The van der Waals surface area contributed by atoms with E-state index >= 15 is 0 Å². The number of hydrogen-bond acceptors (Lipinski definition) is 2. The molecule has 0 radical (unpaired) electrons. The lowest BCUT2D eigenvalue weighted by atomic mass is 9.87. The van der Waals surface area contributed by atoms with E-state index in [1.54, 1.807) is 12.1 Å². The molecule has 0 aliphatic carbocycles. The van der Waals surface area contributed by atoms with Crippen LogP contribution >= 0.6 is 15.9 Å². The van der Waals surface area contributed by atoms with E-state index in [9.17, 15) is 9.59 Å². The Kier molecular flexibility index (Phi) is 5.12. The highest BCUT2D eigenvalue weighted by atomic mass is 79.9. The van der Waals surface area contributed by atoms with Gasteiger partial charge in [-0.25, -0.2) is 9.80 Å². The zero-order valence-electron chi connectivity index (χ0n) is 14.9. The first kappa shape index (κ1) is 18.3. The predicted molar refractivity (Wildman–Crippen MR) is 112 cm³/mol. The van der Waals surface area contributed by atoms with Crippen LogP contribution in [0.3, 0.4) is 0 Å². The van der Waals surface area contributed by atoms with Gasteiger partial charge in [0.05, 0.1) is 12.0 Å². The van der Waals surface area contributed by atoms with Crippen LogP contribution in [0.2, 0.25) is 0 Å². The minimum atomic E-state index is -0.487. The Morgan fingerprint density at radius 1 is 0.857 bits per heavy atom. The number of halogens is 1. The number of hydrogen-bond donors (Lipinski definition) is 2. The third-order valence-electron chi connectivity index (χ3n) is 4.72. The predicted octanol–water partition coefficient (Wildman–Crippen LogP) is 4.85. The molecule has 140 valence electrons. The van der Waals surface area contributed by atoms with Crippen LogP contribution < -0.4 is 10.7 Å². The molecule has 1 aliphatic heterocycles. The molecule has 3 aromatic carbocycles. The number of rotatable bonds is 3. The van der Waals surface area contributed by atoms with Crippen molar-refractivity contribution in [1.82, 2.24) is 10.4 Å². The third-order valence-corrected chi connectivity index (χ3v) is 5.25. The minimum Gasteiger partial charge on any atom is -0.306 e. The van der Waals surface area contributed by atoms with E-state index in [2.05, 4.69) is 26.7 Å². The molecule has 3 amide bonds. The van der Waals surface area contributed by atoms with E-state index in [0.29, 0.717) is 5.69 Å². The quantitative estimate of drug-likeness (QED) is 0.617. The Labute approximate surface area is 171 Å². The molecule has 6 heteroatoms. The van der Waals surface area contributed by atoms with Crippen LogP contribution in [0.25, 0.3) is 0 Å².